The van der Waals surface area contributed by atoms with Crippen LogP contribution in [-0.2, 0) is 23.8 Å². The molecule has 0 spiro atoms. The van der Waals surface area contributed by atoms with Gasteiger partial charge in [0.05, 0.1) is 26.7 Å². The van der Waals surface area contributed by atoms with Crippen LogP contribution in [0.15, 0.2) is 0 Å². The van der Waals surface area contributed by atoms with Crippen molar-refractivity contribution in [1.29, 1.82) is 0 Å². The Morgan fingerprint density at radius 2 is 1.70 bits per heavy atom. The summed E-state index contributed by atoms with van der Waals surface area (Å²) in [5.41, 5.74) is -0.766. The Morgan fingerprint density at radius 1 is 1.15 bits per heavy atom. The van der Waals surface area contributed by atoms with Crippen molar-refractivity contribution in [3.8, 4) is 0 Å². The van der Waals surface area contributed by atoms with Crippen LogP contribution >= 0.6 is 0 Å². The van der Waals surface area contributed by atoms with E-state index < -0.39 is 42.2 Å². The number of aliphatic hydroxyl groups is 1. The molecule has 8 heteroatoms. The molecule has 0 aliphatic heterocycles. The molecule has 0 aromatic carbocycles. The van der Waals surface area contributed by atoms with E-state index in [-0.39, 0.29) is 0 Å². The molecule has 0 radical (unpaired) electrons. The number of rotatable bonds is 5. The summed E-state index contributed by atoms with van der Waals surface area (Å²) in [6.45, 7) is 4.93. The first-order valence-electron chi connectivity index (χ1n) is 5.93. The molecule has 0 saturated carbocycles. The summed E-state index contributed by atoms with van der Waals surface area (Å²) in [4.78, 5) is 34.2. The molecule has 0 aliphatic rings. The summed E-state index contributed by atoms with van der Waals surface area (Å²) in [6.07, 6.45) is -2.86. The van der Waals surface area contributed by atoms with Gasteiger partial charge in [-0.2, -0.15) is 0 Å². The Hall–Kier alpha value is -1.83. The van der Waals surface area contributed by atoms with Gasteiger partial charge < -0.3 is 24.6 Å². The van der Waals surface area contributed by atoms with Crippen LogP contribution in [0.2, 0.25) is 0 Å². The number of nitrogens with one attached hydrogen (secondary N) is 1. The van der Waals surface area contributed by atoms with Crippen molar-refractivity contribution in [2.24, 2.45) is 0 Å². The lowest BCUT2D eigenvalue weighted by Crippen LogP contribution is -2.51. The van der Waals surface area contributed by atoms with E-state index in [0.717, 1.165) is 14.2 Å². The van der Waals surface area contributed by atoms with Crippen LogP contribution in [0.3, 0.4) is 0 Å². The van der Waals surface area contributed by atoms with Crippen molar-refractivity contribution in [2.45, 2.75) is 44.9 Å². The number of esters is 2. The molecule has 0 aliphatic carbocycles. The molecular weight excluding hydrogens is 270 g/mol. The Kier molecular flexibility index (Phi) is 6.98. The second kappa shape index (κ2) is 7.68. The molecule has 0 aromatic rings. The maximum Gasteiger partial charge on any atom is 0.408 e. The van der Waals surface area contributed by atoms with Gasteiger partial charge in [0.25, 0.3) is 0 Å². The lowest BCUT2D eigenvalue weighted by Gasteiger charge is -2.24. The van der Waals surface area contributed by atoms with E-state index in [9.17, 15) is 19.5 Å². The normalized spacial score (nSPS) is 13.9. The summed E-state index contributed by atoms with van der Waals surface area (Å²) in [5.74, 6) is -1.62. The number of amides is 1. The van der Waals surface area contributed by atoms with Crippen molar-refractivity contribution in [3.63, 3.8) is 0 Å². The first kappa shape index (κ1) is 18.2. The van der Waals surface area contributed by atoms with Crippen molar-refractivity contribution in [1.82, 2.24) is 5.32 Å². The van der Waals surface area contributed by atoms with Gasteiger partial charge in [0.1, 0.15) is 5.60 Å². The number of methoxy groups -OCH3 is 2. The Morgan fingerprint density at radius 3 is 2.10 bits per heavy atom. The zero-order chi connectivity index (χ0) is 15.9. The number of ether oxygens (including phenoxy) is 3. The number of aliphatic hydroxyl groups excluding tert-OH is 1. The minimum atomic E-state index is -1.48. The maximum atomic E-state index is 11.6. The fourth-order valence-electron chi connectivity index (χ4n) is 1.25. The van der Waals surface area contributed by atoms with Crippen LogP contribution in [0.25, 0.3) is 0 Å². The molecular formula is C12H21NO7. The fraction of sp³-hybridized carbons (Fsp3) is 0.750. The van der Waals surface area contributed by atoms with E-state index in [1.165, 1.54) is 0 Å². The van der Waals surface area contributed by atoms with Crippen LogP contribution < -0.4 is 5.32 Å². The van der Waals surface area contributed by atoms with Crippen molar-refractivity contribution in [3.05, 3.63) is 0 Å². The van der Waals surface area contributed by atoms with Crippen molar-refractivity contribution in [2.75, 3.05) is 14.2 Å². The highest BCUT2D eigenvalue weighted by atomic mass is 16.6. The van der Waals surface area contributed by atoms with Gasteiger partial charge in [-0.05, 0) is 20.8 Å². The highest BCUT2D eigenvalue weighted by molar-refractivity contribution is 5.83. The van der Waals surface area contributed by atoms with Gasteiger partial charge in [-0.3, -0.25) is 4.79 Å². The number of hydrogen-bond acceptors (Lipinski definition) is 7. The molecule has 20 heavy (non-hydrogen) atoms. The molecule has 0 fully saturated rings. The van der Waals surface area contributed by atoms with E-state index in [1.54, 1.807) is 20.8 Å². The zero-order valence-electron chi connectivity index (χ0n) is 12.3. The summed E-state index contributed by atoms with van der Waals surface area (Å²) in [5, 5.41) is 11.9. The third kappa shape index (κ3) is 6.93. The Labute approximate surface area is 117 Å². The van der Waals surface area contributed by atoms with Gasteiger partial charge in [-0.1, -0.05) is 0 Å². The molecule has 0 unspecified atom stereocenters. The van der Waals surface area contributed by atoms with Crippen molar-refractivity contribution >= 4 is 18.0 Å². The highest BCUT2D eigenvalue weighted by Crippen LogP contribution is 2.09. The minimum absolute atomic E-state index is 0.466. The largest absolute Gasteiger partial charge is 0.469 e. The van der Waals surface area contributed by atoms with Crippen LogP contribution in [0.5, 0.6) is 0 Å². The average molecular weight is 291 g/mol. The number of alkyl carbamates (subject to hydrolysis) is 1. The fourth-order valence-corrected chi connectivity index (χ4v) is 1.25. The van der Waals surface area contributed by atoms with E-state index in [1.807, 2.05) is 0 Å². The quantitative estimate of drug-likeness (QED) is 0.540. The second-order valence-electron chi connectivity index (χ2n) is 4.99. The van der Waals surface area contributed by atoms with E-state index in [0.29, 0.717) is 0 Å². The van der Waals surface area contributed by atoms with Crippen LogP contribution in [-0.4, -0.2) is 55.1 Å². The minimum Gasteiger partial charge on any atom is -0.469 e. The first-order valence-corrected chi connectivity index (χ1v) is 5.93. The van der Waals surface area contributed by atoms with Gasteiger partial charge in [0.15, 0.2) is 6.04 Å². The van der Waals surface area contributed by atoms with Crippen LogP contribution in [0.1, 0.15) is 27.2 Å². The number of carbonyl (C=O) groups excluding carboxylic acids is 3. The molecule has 116 valence electrons. The SMILES string of the molecule is COC(=O)C[C@H](O)[C@H](NC(=O)OC(C)(C)C)C(=O)OC. The van der Waals surface area contributed by atoms with Gasteiger partial charge in [-0.15, -0.1) is 0 Å². The Balaban J connectivity index is 4.77. The molecule has 0 heterocycles. The van der Waals surface area contributed by atoms with Gasteiger partial charge >= 0.3 is 18.0 Å². The van der Waals surface area contributed by atoms with E-state index >= 15 is 0 Å². The number of carbonyl (C=O) groups is 3. The summed E-state index contributed by atoms with van der Waals surface area (Å²) >= 11 is 0. The first-order chi connectivity index (χ1) is 9.10. The molecule has 0 bridgehead atoms. The molecule has 1 amide bonds. The van der Waals surface area contributed by atoms with E-state index in [4.69, 9.17) is 4.74 Å². The smallest absolute Gasteiger partial charge is 0.408 e. The molecule has 0 saturated heterocycles. The summed E-state index contributed by atoms with van der Waals surface area (Å²) < 4.78 is 13.8. The van der Waals surface area contributed by atoms with Gasteiger partial charge in [0.2, 0.25) is 0 Å². The number of hydrogen-bond donors (Lipinski definition) is 2. The highest BCUT2D eigenvalue weighted by Gasteiger charge is 2.32. The lowest BCUT2D eigenvalue weighted by molar-refractivity contribution is -0.149. The molecule has 2 atom stereocenters. The average Bonchev–Trinajstić information content (AvgIpc) is 2.32. The van der Waals surface area contributed by atoms with Crippen LogP contribution in [0.4, 0.5) is 4.79 Å². The predicted octanol–water partition coefficient (Wildman–Crippen LogP) is -0.0233. The van der Waals surface area contributed by atoms with Gasteiger partial charge in [-0.25, -0.2) is 9.59 Å². The lowest BCUT2D eigenvalue weighted by atomic mass is 10.1. The predicted molar refractivity (Wildman–Crippen MR) is 67.8 cm³/mol. The molecule has 0 rings (SSSR count). The molecule has 0 aromatic heterocycles. The maximum absolute atomic E-state index is 11.6. The Bertz CT molecular complexity index is 361. The van der Waals surface area contributed by atoms with Crippen molar-refractivity contribution < 1.29 is 33.7 Å². The summed E-state index contributed by atoms with van der Waals surface area (Å²) in [6, 6.07) is -1.42. The third-order valence-electron chi connectivity index (χ3n) is 2.12. The molecule has 8 nitrogen and oxygen atoms in total. The van der Waals surface area contributed by atoms with E-state index in [2.05, 4.69) is 14.8 Å². The monoisotopic (exact) mass is 291 g/mol. The molecule has 2 N–H and O–H groups in total. The summed E-state index contributed by atoms with van der Waals surface area (Å²) in [7, 11) is 2.24. The zero-order valence-corrected chi connectivity index (χ0v) is 12.3. The van der Waals surface area contributed by atoms with Crippen LogP contribution in [0, 0.1) is 0 Å². The van der Waals surface area contributed by atoms with Gasteiger partial charge in [0, 0.05) is 0 Å². The standard InChI is InChI=1S/C12H21NO7/c1-12(2,3)20-11(17)13-9(10(16)19-5)7(14)6-8(15)18-4/h7,9,14H,6H2,1-5H3,(H,13,17)/t7-,9-/m0/s1. The topological polar surface area (TPSA) is 111 Å². The third-order valence-corrected chi connectivity index (χ3v) is 2.12. The second-order valence-corrected chi connectivity index (χ2v) is 4.99.